The van der Waals surface area contributed by atoms with Gasteiger partial charge in [0, 0.05) is 73.0 Å². The van der Waals surface area contributed by atoms with E-state index in [1.165, 1.54) is 43.8 Å². The number of aromatic nitrogens is 2. The zero-order valence-corrected chi connectivity index (χ0v) is 14.7. The number of fused-ring (bicyclic) bond motifs is 4. The lowest BCUT2D eigenvalue weighted by Gasteiger charge is -2.29. The largest absolute Gasteiger partial charge is 0.369 e. The molecule has 0 spiro atoms. The Morgan fingerprint density at radius 1 is 1.00 bits per heavy atom. The van der Waals surface area contributed by atoms with Crippen LogP contribution < -0.4 is 10.2 Å². The van der Waals surface area contributed by atoms with E-state index in [1.807, 2.05) is 12.4 Å². The van der Waals surface area contributed by atoms with Gasteiger partial charge in [0.1, 0.15) is 0 Å². The second-order valence-electron chi connectivity index (χ2n) is 6.99. The highest BCUT2D eigenvalue weighted by Gasteiger charge is 2.16. The topological polar surface area (TPSA) is 33.1 Å². The van der Waals surface area contributed by atoms with E-state index >= 15 is 0 Å². The molecule has 1 aliphatic rings. The van der Waals surface area contributed by atoms with E-state index < -0.39 is 0 Å². The van der Waals surface area contributed by atoms with E-state index in [0.717, 1.165) is 26.2 Å². The van der Waals surface area contributed by atoms with Crippen molar-refractivity contribution in [2.24, 2.45) is 7.05 Å². The third-order valence-electron chi connectivity index (χ3n) is 5.62. The van der Waals surface area contributed by atoms with Gasteiger partial charge in [0.15, 0.2) is 0 Å². The first-order valence-electron chi connectivity index (χ1n) is 8.95. The van der Waals surface area contributed by atoms with Crippen molar-refractivity contribution in [3.8, 4) is 0 Å². The lowest BCUT2D eigenvalue weighted by Crippen LogP contribution is -2.43. The Balaban J connectivity index is 1.82. The van der Waals surface area contributed by atoms with Crippen LogP contribution >= 0.6 is 0 Å². The molecule has 5 rings (SSSR count). The molecule has 0 radical (unpaired) electrons. The first-order valence-corrected chi connectivity index (χ1v) is 8.95. The van der Waals surface area contributed by atoms with Crippen LogP contribution in [0.15, 0.2) is 42.7 Å². The molecule has 2 aromatic carbocycles. The van der Waals surface area contributed by atoms with Crippen molar-refractivity contribution in [1.82, 2.24) is 14.9 Å². The van der Waals surface area contributed by atoms with Gasteiger partial charge in [-0.3, -0.25) is 4.98 Å². The van der Waals surface area contributed by atoms with E-state index in [2.05, 4.69) is 64.1 Å². The molecule has 2 aromatic heterocycles. The summed E-state index contributed by atoms with van der Waals surface area (Å²) in [6.07, 6.45) is 3.85. The summed E-state index contributed by atoms with van der Waals surface area (Å²) in [6.45, 7) is 6.48. The van der Waals surface area contributed by atoms with Gasteiger partial charge in [0.25, 0.3) is 0 Å². The molecule has 4 nitrogen and oxygen atoms in total. The molecule has 0 aliphatic carbocycles. The highest BCUT2D eigenvalue weighted by atomic mass is 15.2. The second-order valence-corrected chi connectivity index (χ2v) is 6.99. The summed E-state index contributed by atoms with van der Waals surface area (Å²) in [6, 6.07) is 11.3. The maximum Gasteiger partial charge on any atom is 0.0524 e. The van der Waals surface area contributed by atoms with Gasteiger partial charge in [-0.25, -0.2) is 0 Å². The van der Waals surface area contributed by atoms with Gasteiger partial charge in [0.05, 0.1) is 5.52 Å². The van der Waals surface area contributed by atoms with Gasteiger partial charge < -0.3 is 14.8 Å². The van der Waals surface area contributed by atoms with Crippen LogP contribution in [-0.4, -0.2) is 35.7 Å². The fraction of sp³-hybridized carbons (Fsp3) is 0.286. The molecule has 0 atom stereocenters. The fourth-order valence-corrected chi connectivity index (χ4v) is 4.33. The second kappa shape index (κ2) is 5.46. The van der Waals surface area contributed by atoms with E-state index in [0.29, 0.717) is 0 Å². The highest BCUT2D eigenvalue weighted by Crippen LogP contribution is 2.36. The van der Waals surface area contributed by atoms with Gasteiger partial charge >= 0.3 is 0 Å². The molecule has 0 unspecified atom stereocenters. The molecular formula is C21H22N4. The SMILES string of the molecule is Cc1c2ccncc2cc2c3cc(N4CCNCC4)ccc3n(C)c12. The zero-order valence-electron chi connectivity index (χ0n) is 14.7. The molecule has 4 heteroatoms. The van der Waals surface area contributed by atoms with Crippen molar-refractivity contribution in [3.63, 3.8) is 0 Å². The van der Waals surface area contributed by atoms with Crippen LogP contribution in [0, 0.1) is 6.92 Å². The van der Waals surface area contributed by atoms with Crippen LogP contribution in [-0.2, 0) is 7.05 Å². The minimum atomic E-state index is 1.06. The van der Waals surface area contributed by atoms with Gasteiger partial charge in [0.2, 0.25) is 0 Å². The van der Waals surface area contributed by atoms with Crippen LogP contribution in [0.5, 0.6) is 0 Å². The molecule has 1 aliphatic heterocycles. The van der Waals surface area contributed by atoms with E-state index in [-0.39, 0.29) is 0 Å². The van der Waals surface area contributed by atoms with Gasteiger partial charge in [-0.15, -0.1) is 0 Å². The summed E-state index contributed by atoms with van der Waals surface area (Å²) in [4.78, 5) is 6.79. The summed E-state index contributed by atoms with van der Waals surface area (Å²) >= 11 is 0. The standard InChI is InChI=1S/C21H22N4/c1-14-17-5-6-23-13-15(17)11-19-18-12-16(25-9-7-22-8-10-25)3-4-20(18)24(2)21(14)19/h3-6,11-13,22H,7-10H2,1-2H3. The van der Waals surface area contributed by atoms with Crippen molar-refractivity contribution >= 4 is 38.3 Å². The molecule has 0 amide bonds. The Bertz CT molecular complexity index is 1100. The van der Waals surface area contributed by atoms with Crippen molar-refractivity contribution in [2.75, 3.05) is 31.1 Å². The minimum absolute atomic E-state index is 1.06. The number of hydrogen-bond acceptors (Lipinski definition) is 3. The van der Waals surface area contributed by atoms with Crippen molar-refractivity contribution in [2.45, 2.75) is 6.92 Å². The normalized spacial score (nSPS) is 15.5. The predicted octanol–water partition coefficient (Wildman–Crippen LogP) is 3.60. The molecule has 1 saturated heterocycles. The smallest absolute Gasteiger partial charge is 0.0524 e. The van der Waals surface area contributed by atoms with Gasteiger partial charge in [-0.2, -0.15) is 0 Å². The monoisotopic (exact) mass is 330 g/mol. The number of hydrogen-bond donors (Lipinski definition) is 1. The Morgan fingerprint density at radius 3 is 2.68 bits per heavy atom. The lowest BCUT2D eigenvalue weighted by atomic mass is 10.0. The zero-order chi connectivity index (χ0) is 17.0. The number of aryl methyl sites for hydroxylation is 2. The Labute approximate surface area is 147 Å². The van der Waals surface area contributed by atoms with Crippen LogP contribution in [0.1, 0.15) is 5.56 Å². The molecular weight excluding hydrogens is 308 g/mol. The fourth-order valence-electron chi connectivity index (χ4n) is 4.33. The number of benzene rings is 2. The lowest BCUT2D eigenvalue weighted by molar-refractivity contribution is 0.589. The van der Waals surface area contributed by atoms with Crippen LogP contribution in [0.3, 0.4) is 0 Å². The summed E-state index contributed by atoms with van der Waals surface area (Å²) in [7, 11) is 2.18. The summed E-state index contributed by atoms with van der Waals surface area (Å²) in [5.41, 5.74) is 5.27. The third-order valence-corrected chi connectivity index (χ3v) is 5.62. The van der Waals surface area contributed by atoms with Crippen molar-refractivity contribution in [3.05, 3.63) is 48.3 Å². The van der Waals surface area contributed by atoms with Crippen molar-refractivity contribution in [1.29, 1.82) is 0 Å². The number of nitrogens with zero attached hydrogens (tertiary/aromatic N) is 3. The van der Waals surface area contributed by atoms with Gasteiger partial charge in [-0.1, -0.05) is 0 Å². The number of piperazine rings is 1. The summed E-state index contributed by atoms with van der Waals surface area (Å²) < 4.78 is 2.33. The average molecular weight is 330 g/mol. The molecule has 25 heavy (non-hydrogen) atoms. The third kappa shape index (κ3) is 2.14. The van der Waals surface area contributed by atoms with Crippen molar-refractivity contribution < 1.29 is 0 Å². The quantitative estimate of drug-likeness (QED) is 0.579. The van der Waals surface area contributed by atoms with E-state index in [9.17, 15) is 0 Å². The van der Waals surface area contributed by atoms with Crippen LogP contribution in [0.2, 0.25) is 0 Å². The molecule has 1 N–H and O–H groups in total. The maximum atomic E-state index is 4.32. The molecule has 3 heterocycles. The average Bonchev–Trinajstić information content (AvgIpc) is 2.95. The highest BCUT2D eigenvalue weighted by molar-refractivity contribution is 6.15. The number of pyridine rings is 1. The maximum absolute atomic E-state index is 4.32. The number of anilines is 1. The number of rotatable bonds is 1. The first kappa shape index (κ1) is 14.7. The number of nitrogens with one attached hydrogen (secondary N) is 1. The Kier molecular flexibility index (Phi) is 3.22. The van der Waals surface area contributed by atoms with Crippen LogP contribution in [0.25, 0.3) is 32.6 Å². The van der Waals surface area contributed by atoms with Gasteiger partial charge in [-0.05, 0) is 48.2 Å². The summed E-state index contributed by atoms with van der Waals surface area (Å²) in [5.74, 6) is 0. The molecule has 0 bridgehead atoms. The Hall–Kier alpha value is -2.59. The minimum Gasteiger partial charge on any atom is -0.369 e. The van der Waals surface area contributed by atoms with E-state index in [1.54, 1.807) is 0 Å². The summed E-state index contributed by atoms with van der Waals surface area (Å²) in [5, 5.41) is 8.60. The molecule has 126 valence electrons. The van der Waals surface area contributed by atoms with E-state index in [4.69, 9.17) is 0 Å². The Morgan fingerprint density at radius 2 is 1.84 bits per heavy atom. The molecule has 1 fully saturated rings. The predicted molar refractivity (Wildman–Crippen MR) is 106 cm³/mol. The molecule has 4 aromatic rings. The molecule has 0 saturated carbocycles. The first-order chi connectivity index (χ1) is 12.2. The van der Waals surface area contributed by atoms with Crippen LogP contribution in [0.4, 0.5) is 5.69 Å².